The van der Waals surface area contributed by atoms with E-state index in [1.54, 1.807) is 16.8 Å². The van der Waals surface area contributed by atoms with E-state index in [-0.39, 0.29) is 12.1 Å². The van der Waals surface area contributed by atoms with Gasteiger partial charge in [0, 0.05) is 16.6 Å². The lowest BCUT2D eigenvalue weighted by atomic mass is 10.1. The third-order valence-electron chi connectivity index (χ3n) is 4.51. The highest BCUT2D eigenvalue weighted by molar-refractivity contribution is 6.30. The van der Waals surface area contributed by atoms with Gasteiger partial charge >= 0.3 is 6.03 Å². The van der Waals surface area contributed by atoms with E-state index in [0.717, 1.165) is 17.5 Å². The predicted octanol–water partition coefficient (Wildman–Crippen LogP) is 4.75. The van der Waals surface area contributed by atoms with Gasteiger partial charge in [0.25, 0.3) is 0 Å². The Morgan fingerprint density at radius 3 is 2.50 bits per heavy atom. The number of benzene rings is 2. The van der Waals surface area contributed by atoms with Crippen LogP contribution in [-0.2, 0) is 6.54 Å². The van der Waals surface area contributed by atoms with Crippen LogP contribution in [0.25, 0.3) is 11.3 Å². The smallest absolute Gasteiger partial charge is 0.319 e. The third-order valence-corrected chi connectivity index (χ3v) is 4.76. The molecule has 1 atom stereocenters. The lowest BCUT2D eigenvalue weighted by Crippen LogP contribution is -2.35. The second kappa shape index (κ2) is 8.80. The second-order valence-electron chi connectivity index (χ2n) is 6.67. The van der Waals surface area contributed by atoms with E-state index in [9.17, 15) is 4.79 Å². The monoisotopic (exact) mass is 397 g/mol. The highest BCUT2D eigenvalue weighted by atomic mass is 35.5. The number of carbonyl (C=O) groups excluding carboxylic acids is 1. The number of nitrogens with one attached hydrogen (secondary N) is 2. The molecule has 2 aromatic carbocycles. The Kier molecular flexibility index (Phi) is 6.21. The molecular weight excluding hydrogens is 374 g/mol. The van der Waals surface area contributed by atoms with Gasteiger partial charge in [0.1, 0.15) is 17.2 Å². The van der Waals surface area contributed by atoms with Crippen LogP contribution in [0.3, 0.4) is 0 Å². The first-order valence-corrected chi connectivity index (χ1v) is 9.59. The molecule has 1 heterocycles. The van der Waals surface area contributed by atoms with Crippen LogP contribution in [0.1, 0.15) is 25.8 Å². The Morgan fingerprint density at radius 1 is 1.18 bits per heavy atom. The van der Waals surface area contributed by atoms with E-state index in [1.807, 2.05) is 56.3 Å². The fourth-order valence-corrected chi connectivity index (χ4v) is 2.89. The van der Waals surface area contributed by atoms with E-state index in [1.165, 1.54) is 0 Å². The van der Waals surface area contributed by atoms with Gasteiger partial charge in [0.05, 0.1) is 6.54 Å². The Labute approximate surface area is 169 Å². The highest BCUT2D eigenvalue weighted by Crippen LogP contribution is 2.33. The average molecular weight is 398 g/mol. The minimum Gasteiger partial charge on any atom is -0.382 e. The normalized spacial score (nSPS) is 11.8. The molecule has 3 rings (SSSR count). The van der Waals surface area contributed by atoms with Crippen molar-refractivity contribution in [3.05, 3.63) is 65.2 Å². The number of anilines is 2. The van der Waals surface area contributed by atoms with Crippen molar-refractivity contribution < 1.29 is 4.79 Å². The molecule has 2 amide bonds. The quantitative estimate of drug-likeness (QED) is 0.560. The van der Waals surface area contributed by atoms with Gasteiger partial charge < -0.3 is 16.4 Å². The first kappa shape index (κ1) is 19.8. The van der Waals surface area contributed by atoms with Gasteiger partial charge in [-0.3, -0.25) is 0 Å². The zero-order valence-corrected chi connectivity index (χ0v) is 16.7. The lowest BCUT2D eigenvalue weighted by Gasteiger charge is -2.13. The van der Waals surface area contributed by atoms with Crippen LogP contribution in [0.4, 0.5) is 16.3 Å². The molecule has 0 aliphatic heterocycles. The first-order chi connectivity index (χ1) is 13.5. The maximum absolute atomic E-state index is 12.4. The fraction of sp³-hybridized carbons (Fsp3) is 0.238. The van der Waals surface area contributed by atoms with Gasteiger partial charge in [-0.15, -0.1) is 0 Å². The molecule has 0 saturated carbocycles. The van der Waals surface area contributed by atoms with E-state index >= 15 is 0 Å². The molecule has 0 bridgehead atoms. The zero-order valence-electron chi connectivity index (χ0n) is 15.9. The molecule has 0 unspecified atom stereocenters. The molecule has 0 radical (unpaired) electrons. The summed E-state index contributed by atoms with van der Waals surface area (Å²) in [5.74, 6) is 0.396. The highest BCUT2D eigenvalue weighted by Gasteiger charge is 2.20. The maximum atomic E-state index is 12.4. The molecule has 0 saturated heterocycles. The number of nitrogen functional groups attached to an aromatic ring is 1. The summed E-state index contributed by atoms with van der Waals surface area (Å²) < 4.78 is 1.69. The van der Waals surface area contributed by atoms with E-state index < -0.39 is 0 Å². The molecule has 3 aromatic rings. The molecule has 146 valence electrons. The Balaban J connectivity index is 1.97. The van der Waals surface area contributed by atoms with Crippen LogP contribution in [0, 0.1) is 0 Å². The molecule has 7 heteroatoms. The van der Waals surface area contributed by atoms with Crippen molar-refractivity contribution in [1.82, 2.24) is 15.1 Å². The summed E-state index contributed by atoms with van der Waals surface area (Å²) in [6.45, 7) is 4.46. The number of hydrogen-bond donors (Lipinski definition) is 3. The Hall–Kier alpha value is -2.99. The summed E-state index contributed by atoms with van der Waals surface area (Å²) in [7, 11) is 0. The van der Waals surface area contributed by atoms with Crippen LogP contribution in [0.5, 0.6) is 0 Å². The molecule has 0 aliphatic carbocycles. The average Bonchev–Trinajstić information content (AvgIpc) is 2.99. The number of carbonyl (C=O) groups is 1. The van der Waals surface area contributed by atoms with Crippen molar-refractivity contribution in [3.63, 3.8) is 0 Å². The second-order valence-corrected chi connectivity index (χ2v) is 7.10. The summed E-state index contributed by atoms with van der Waals surface area (Å²) in [6.07, 6.45) is 0.834. The molecule has 6 nitrogen and oxygen atoms in total. The minimum atomic E-state index is -0.310. The van der Waals surface area contributed by atoms with Crippen molar-refractivity contribution in [3.8, 4) is 11.3 Å². The van der Waals surface area contributed by atoms with Crippen LogP contribution in [0.15, 0.2) is 54.6 Å². The molecule has 0 fully saturated rings. The van der Waals surface area contributed by atoms with E-state index in [0.29, 0.717) is 28.8 Å². The fourth-order valence-electron chi connectivity index (χ4n) is 2.76. The summed E-state index contributed by atoms with van der Waals surface area (Å²) in [6, 6.07) is 16.9. The molecule has 0 spiro atoms. The number of nitrogens with zero attached hydrogens (tertiary/aromatic N) is 2. The molecule has 28 heavy (non-hydrogen) atoms. The maximum Gasteiger partial charge on any atom is 0.319 e. The van der Waals surface area contributed by atoms with Crippen LogP contribution in [0.2, 0.25) is 5.02 Å². The van der Waals surface area contributed by atoms with Gasteiger partial charge in [-0.2, -0.15) is 5.10 Å². The minimum absolute atomic E-state index is 0.0552. The third kappa shape index (κ3) is 4.64. The van der Waals surface area contributed by atoms with Crippen molar-refractivity contribution in [2.75, 3.05) is 11.1 Å². The summed E-state index contributed by atoms with van der Waals surface area (Å²) in [4.78, 5) is 12.4. The number of aromatic nitrogens is 2. The van der Waals surface area contributed by atoms with Crippen molar-refractivity contribution in [1.29, 1.82) is 0 Å². The van der Waals surface area contributed by atoms with Gasteiger partial charge in [-0.25, -0.2) is 9.48 Å². The standard InChI is InChI=1S/C21H24ClN5O/c1-3-14(2)24-21(28)25-19-18(16-9-11-17(22)12-10-16)26-27(20(19)23)13-15-7-5-4-6-8-15/h4-12,14H,3,13,23H2,1-2H3,(H2,24,25,28)/t14-/m0/s1. The van der Waals surface area contributed by atoms with E-state index in [4.69, 9.17) is 17.3 Å². The number of halogens is 1. The predicted molar refractivity (Wildman–Crippen MR) is 115 cm³/mol. The lowest BCUT2D eigenvalue weighted by molar-refractivity contribution is 0.249. The van der Waals surface area contributed by atoms with Crippen LogP contribution in [-0.4, -0.2) is 21.9 Å². The number of nitrogens with two attached hydrogens (primary N) is 1. The van der Waals surface area contributed by atoms with Crippen molar-refractivity contribution in [2.45, 2.75) is 32.9 Å². The van der Waals surface area contributed by atoms with Gasteiger partial charge in [0.15, 0.2) is 0 Å². The van der Waals surface area contributed by atoms with Gasteiger partial charge in [-0.05, 0) is 31.0 Å². The largest absolute Gasteiger partial charge is 0.382 e. The SMILES string of the molecule is CC[C@H](C)NC(=O)Nc1c(-c2ccc(Cl)cc2)nn(Cc2ccccc2)c1N. The zero-order chi connectivity index (χ0) is 20.1. The van der Waals surface area contributed by atoms with Gasteiger partial charge in [0.2, 0.25) is 0 Å². The van der Waals surface area contributed by atoms with Crippen molar-refractivity contribution >= 4 is 29.1 Å². The Bertz CT molecular complexity index is 937. The number of hydrogen-bond acceptors (Lipinski definition) is 3. The summed E-state index contributed by atoms with van der Waals surface area (Å²) >= 11 is 6.01. The first-order valence-electron chi connectivity index (χ1n) is 9.21. The van der Waals surface area contributed by atoms with Crippen LogP contribution >= 0.6 is 11.6 Å². The van der Waals surface area contributed by atoms with Crippen molar-refractivity contribution in [2.24, 2.45) is 0 Å². The number of urea groups is 1. The summed E-state index contributed by atoms with van der Waals surface area (Å²) in [5, 5.41) is 11.1. The van der Waals surface area contributed by atoms with E-state index in [2.05, 4.69) is 15.7 Å². The van der Waals surface area contributed by atoms with Crippen LogP contribution < -0.4 is 16.4 Å². The Morgan fingerprint density at radius 2 is 1.86 bits per heavy atom. The molecule has 0 aliphatic rings. The number of amides is 2. The summed E-state index contributed by atoms with van der Waals surface area (Å²) in [5.41, 5.74) is 9.34. The van der Waals surface area contributed by atoms with Gasteiger partial charge in [-0.1, -0.05) is 61.0 Å². The topological polar surface area (TPSA) is 85.0 Å². The molecule has 4 N–H and O–H groups in total. The molecular formula is C21H24ClN5O. The number of rotatable bonds is 6. The molecule has 1 aromatic heterocycles.